The third-order valence-electron chi connectivity index (χ3n) is 2.04. The maximum Gasteiger partial charge on any atom is 0.312 e. The van der Waals surface area contributed by atoms with Crippen LogP contribution in [-0.4, -0.2) is 23.4 Å². The summed E-state index contributed by atoms with van der Waals surface area (Å²) in [5.41, 5.74) is 5.66. The zero-order valence-electron chi connectivity index (χ0n) is 8.27. The lowest BCUT2D eigenvalue weighted by Crippen LogP contribution is -2.21. The van der Waals surface area contributed by atoms with Crippen molar-refractivity contribution in [2.45, 2.75) is 16.6 Å². The third kappa shape index (κ3) is 3.18. The van der Waals surface area contributed by atoms with E-state index in [0.717, 1.165) is 0 Å². The van der Waals surface area contributed by atoms with Gasteiger partial charge in [0.2, 0.25) is 0 Å². The van der Waals surface area contributed by atoms with E-state index in [1.54, 1.807) is 12.1 Å². The second kappa shape index (κ2) is 5.81. The molecule has 88 valence electrons. The van der Waals surface area contributed by atoms with Gasteiger partial charge in [0.1, 0.15) is 0 Å². The van der Waals surface area contributed by atoms with Crippen LogP contribution in [0.3, 0.4) is 0 Å². The fraction of sp³-hybridized carbons (Fsp3) is 0.300. The molecule has 0 fully saturated rings. The molecule has 0 saturated carbocycles. The minimum atomic E-state index is -2.58. The van der Waals surface area contributed by atoms with Gasteiger partial charge < -0.3 is 10.8 Å². The summed E-state index contributed by atoms with van der Waals surface area (Å²) in [5.74, 6) is -4.62. The summed E-state index contributed by atoms with van der Waals surface area (Å²) in [4.78, 5) is 11.2. The van der Waals surface area contributed by atoms with Crippen molar-refractivity contribution >= 4 is 17.7 Å². The van der Waals surface area contributed by atoms with Crippen LogP contribution in [0.4, 0.5) is 8.78 Å². The van der Waals surface area contributed by atoms with E-state index in [0.29, 0.717) is 17.3 Å². The maximum atomic E-state index is 12.3. The molecule has 0 amide bonds. The first-order valence-electron chi connectivity index (χ1n) is 4.53. The SMILES string of the molecule is NCC(C(=O)O)c1ccccc1SC(F)F. The molecule has 1 unspecified atom stereocenters. The Bertz CT molecular complexity index is 374. The van der Waals surface area contributed by atoms with Crippen molar-refractivity contribution in [3.8, 4) is 0 Å². The Morgan fingerprint density at radius 1 is 1.44 bits per heavy atom. The number of nitrogens with two attached hydrogens (primary N) is 1. The predicted octanol–water partition coefficient (Wildman–Crippen LogP) is 2.13. The normalized spacial score (nSPS) is 12.8. The molecular weight excluding hydrogens is 236 g/mol. The second-order valence-corrected chi connectivity index (χ2v) is 4.07. The van der Waals surface area contributed by atoms with Crippen LogP contribution < -0.4 is 5.73 Å². The van der Waals surface area contributed by atoms with Crippen molar-refractivity contribution in [3.05, 3.63) is 29.8 Å². The zero-order chi connectivity index (χ0) is 12.1. The Morgan fingerprint density at radius 3 is 2.56 bits per heavy atom. The molecule has 16 heavy (non-hydrogen) atoms. The molecule has 0 aliphatic heterocycles. The summed E-state index contributed by atoms with van der Waals surface area (Å²) >= 11 is 0.334. The Morgan fingerprint density at radius 2 is 2.06 bits per heavy atom. The van der Waals surface area contributed by atoms with E-state index in [1.165, 1.54) is 12.1 Å². The molecule has 1 atom stereocenters. The number of hydrogen-bond donors (Lipinski definition) is 2. The number of carboxylic acids is 1. The van der Waals surface area contributed by atoms with Crippen molar-refractivity contribution in [2.24, 2.45) is 5.73 Å². The van der Waals surface area contributed by atoms with Gasteiger partial charge in [0, 0.05) is 11.4 Å². The highest BCUT2D eigenvalue weighted by atomic mass is 32.2. The van der Waals surface area contributed by atoms with Crippen molar-refractivity contribution in [2.75, 3.05) is 6.54 Å². The van der Waals surface area contributed by atoms with Gasteiger partial charge in [-0.05, 0) is 11.6 Å². The van der Waals surface area contributed by atoms with E-state index in [2.05, 4.69) is 0 Å². The summed E-state index contributed by atoms with van der Waals surface area (Å²) < 4.78 is 24.5. The van der Waals surface area contributed by atoms with Gasteiger partial charge in [-0.2, -0.15) is 8.78 Å². The Hall–Kier alpha value is -1.14. The smallest absolute Gasteiger partial charge is 0.312 e. The molecule has 0 bridgehead atoms. The van der Waals surface area contributed by atoms with Crippen LogP contribution in [0, 0.1) is 0 Å². The van der Waals surface area contributed by atoms with Crippen molar-refractivity contribution < 1.29 is 18.7 Å². The highest BCUT2D eigenvalue weighted by molar-refractivity contribution is 7.99. The lowest BCUT2D eigenvalue weighted by atomic mass is 10.00. The number of thioether (sulfide) groups is 1. The van der Waals surface area contributed by atoms with E-state index in [1.807, 2.05) is 0 Å². The number of aliphatic carboxylic acids is 1. The molecule has 0 saturated heterocycles. The monoisotopic (exact) mass is 247 g/mol. The van der Waals surface area contributed by atoms with Crippen molar-refractivity contribution in [3.63, 3.8) is 0 Å². The predicted molar refractivity (Wildman–Crippen MR) is 57.7 cm³/mol. The molecule has 3 N–H and O–H groups in total. The summed E-state index contributed by atoms with van der Waals surface area (Å²) in [6.45, 7) is -0.115. The standard InChI is InChI=1S/C10H11F2NO2S/c11-10(12)16-8-4-2-1-3-6(8)7(5-13)9(14)15/h1-4,7,10H,5,13H2,(H,14,15). The Kier molecular flexibility index (Phi) is 4.70. The molecule has 0 spiro atoms. The molecule has 0 radical (unpaired) electrons. The summed E-state index contributed by atoms with van der Waals surface area (Å²) in [7, 11) is 0. The fourth-order valence-corrected chi connectivity index (χ4v) is 2.03. The van der Waals surface area contributed by atoms with E-state index in [9.17, 15) is 13.6 Å². The summed E-state index contributed by atoms with van der Waals surface area (Å²) in [5, 5.41) is 8.91. The number of alkyl halides is 2. The van der Waals surface area contributed by atoms with Crippen LogP contribution in [-0.2, 0) is 4.79 Å². The molecule has 1 aromatic carbocycles. The fourth-order valence-electron chi connectivity index (χ4n) is 1.33. The highest BCUT2D eigenvalue weighted by Crippen LogP contribution is 2.32. The first-order chi connectivity index (χ1) is 7.56. The number of carbonyl (C=O) groups is 1. The van der Waals surface area contributed by atoms with Crippen LogP contribution >= 0.6 is 11.8 Å². The quantitative estimate of drug-likeness (QED) is 0.782. The van der Waals surface area contributed by atoms with Gasteiger partial charge in [0.25, 0.3) is 5.76 Å². The number of hydrogen-bond acceptors (Lipinski definition) is 3. The largest absolute Gasteiger partial charge is 0.481 e. The second-order valence-electron chi connectivity index (χ2n) is 3.04. The van der Waals surface area contributed by atoms with Gasteiger partial charge in [-0.3, -0.25) is 4.79 Å². The van der Waals surface area contributed by atoms with Crippen LogP contribution in [0.5, 0.6) is 0 Å². The number of rotatable bonds is 5. The van der Waals surface area contributed by atoms with Crippen LogP contribution in [0.1, 0.15) is 11.5 Å². The lowest BCUT2D eigenvalue weighted by molar-refractivity contribution is -0.138. The van der Waals surface area contributed by atoms with E-state index in [4.69, 9.17) is 10.8 Å². The third-order valence-corrected chi connectivity index (χ3v) is 2.85. The first-order valence-corrected chi connectivity index (χ1v) is 5.40. The van der Waals surface area contributed by atoms with Crippen LogP contribution in [0.2, 0.25) is 0 Å². The summed E-state index contributed by atoms with van der Waals surface area (Å²) in [6, 6.07) is 6.17. The van der Waals surface area contributed by atoms with E-state index < -0.39 is 17.6 Å². The topological polar surface area (TPSA) is 63.3 Å². The Labute approximate surface area is 95.6 Å². The number of halogens is 2. The number of carboxylic acid groups (broad SMARTS) is 1. The molecule has 0 heterocycles. The van der Waals surface area contributed by atoms with Gasteiger partial charge in [0.05, 0.1) is 5.92 Å². The van der Waals surface area contributed by atoms with Gasteiger partial charge in [-0.1, -0.05) is 30.0 Å². The molecule has 0 aliphatic rings. The van der Waals surface area contributed by atoms with E-state index >= 15 is 0 Å². The first kappa shape index (κ1) is 12.9. The molecule has 3 nitrogen and oxygen atoms in total. The molecule has 0 aliphatic carbocycles. The van der Waals surface area contributed by atoms with Crippen LogP contribution in [0.15, 0.2) is 29.2 Å². The molecule has 1 rings (SSSR count). The maximum absolute atomic E-state index is 12.3. The average Bonchev–Trinajstić information content (AvgIpc) is 2.20. The molecule has 1 aromatic rings. The molecule has 6 heteroatoms. The highest BCUT2D eigenvalue weighted by Gasteiger charge is 2.22. The lowest BCUT2D eigenvalue weighted by Gasteiger charge is -2.14. The zero-order valence-corrected chi connectivity index (χ0v) is 9.08. The van der Waals surface area contributed by atoms with Gasteiger partial charge in [0.15, 0.2) is 0 Å². The molecule has 0 aromatic heterocycles. The number of benzene rings is 1. The van der Waals surface area contributed by atoms with Gasteiger partial charge in [-0.15, -0.1) is 0 Å². The van der Waals surface area contributed by atoms with Crippen LogP contribution in [0.25, 0.3) is 0 Å². The van der Waals surface area contributed by atoms with Gasteiger partial charge >= 0.3 is 5.97 Å². The Balaban J connectivity index is 3.05. The summed E-state index contributed by atoms with van der Waals surface area (Å²) in [6.07, 6.45) is 0. The minimum absolute atomic E-state index is 0.115. The average molecular weight is 247 g/mol. The minimum Gasteiger partial charge on any atom is -0.481 e. The van der Waals surface area contributed by atoms with Crippen molar-refractivity contribution in [1.82, 2.24) is 0 Å². The molecular formula is C10H11F2NO2S. The van der Waals surface area contributed by atoms with Gasteiger partial charge in [-0.25, -0.2) is 0 Å². The van der Waals surface area contributed by atoms with Crippen molar-refractivity contribution in [1.29, 1.82) is 0 Å². The van der Waals surface area contributed by atoms with E-state index in [-0.39, 0.29) is 11.4 Å².